The first-order chi connectivity index (χ1) is 7.97. The highest BCUT2D eigenvalue weighted by Crippen LogP contribution is 2.37. The van der Waals surface area contributed by atoms with Crippen LogP contribution in [0.1, 0.15) is 32.3 Å². The van der Waals surface area contributed by atoms with Crippen molar-refractivity contribution in [3.05, 3.63) is 29.3 Å². The van der Waals surface area contributed by atoms with Crippen LogP contribution in [0.4, 0.5) is 8.78 Å². The standard InChI is InChI=1S/C12H12BrF2NO/c1-3-6-12(2)16-11(13)7-4-5-8(14)9(15)10(7)17-12/h4-5H,3,6H2,1-2H3. The van der Waals surface area contributed by atoms with Crippen LogP contribution in [-0.4, -0.2) is 10.3 Å². The number of ether oxygens (including phenoxy) is 1. The lowest BCUT2D eigenvalue weighted by Gasteiger charge is -2.31. The van der Waals surface area contributed by atoms with E-state index in [-0.39, 0.29) is 5.75 Å². The summed E-state index contributed by atoms with van der Waals surface area (Å²) < 4.78 is 32.8. The van der Waals surface area contributed by atoms with Gasteiger partial charge in [0.2, 0.25) is 5.82 Å². The van der Waals surface area contributed by atoms with E-state index < -0.39 is 17.4 Å². The van der Waals surface area contributed by atoms with Crippen molar-refractivity contribution in [3.63, 3.8) is 0 Å². The van der Waals surface area contributed by atoms with Crippen molar-refractivity contribution in [1.82, 2.24) is 0 Å². The summed E-state index contributed by atoms with van der Waals surface area (Å²) in [6, 6.07) is 2.52. The van der Waals surface area contributed by atoms with Gasteiger partial charge >= 0.3 is 0 Å². The zero-order valence-corrected chi connectivity index (χ0v) is 11.1. The first kappa shape index (κ1) is 12.5. The molecule has 0 radical (unpaired) electrons. The minimum absolute atomic E-state index is 0.0668. The molecule has 1 heterocycles. The molecule has 1 aliphatic rings. The number of rotatable bonds is 2. The van der Waals surface area contributed by atoms with Crippen molar-refractivity contribution < 1.29 is 13.5 Å². The molecule has 0 amide bonds. The minimum atomic E-state index is -0.961. The second kappa shape index (κ2) is 4.37. The lowest BCUT2D eigenvalue weighted by atomic mass is 10.1. The molecule has 0 aliphatic carbocycles. The van der Waals surface area contributed by atoms with E-state index in [1.807, 2.05) is 6.92 Å². The Morgan fingerprint density at radius 2 is 2.12 bits per heavy atom. The van der Waals surface area contributed by atoms with Crippen LogP contribution >= 0.6 is 15.9 Å². The van der Waals surface area contributed by atoms with Gasteiger partial charge in [-0.3, -0.25) is 0 Å². The molecule has 0 saturated heterocycles. The van der Waals surface area contributed by atoms with Crippen molar-refractivity contribution in [3.8, 4) is 5.75 Å². The normalized spacial score (nSPS) is 22.8. The molecule has 0 N–H and O–H groups in total. The second-order valence-corrected chi connectivity index (χ2v) is 4.92. The summed E-state index contributed by atoms with van der Waals surface area (Å²) in [5.41, 5.74) is -0.396. The number of hydrogen-bond donors (Lipinski definition) is 0. The molecule has 0 aromatic heterocycles. The van der Waals surface area contributed by atoms with E-state index in [1.54, 1.807) is 6.92 Å². The smallest absolute Gasteiger partial charge is 0.201 e. The molecule has 92 valence electrons. The van der Waals surface area contributed by atoms with E-state index in [9.17, 15) is 8.78 Å². The highest BCUT2D eigenvalue weighted by atomic mass is 79.9. The van der Waals surface area contributed by atoms with Gasteiger partial charge in [0.25, 0.3) is 0 Å². The summed E-state index contributed by atoms with van der Waals surface area (Å²) in [5, 5.41) is 0. The average Bonchev–Trinajstić information content (AvgIpc) is 2.24. The minimum Gasteiger partial charge on any atom is -0.463 e. The van der Waals surface area contributed by atoms with Crippen molar-refractivity contribution in [2.24, 2.45) is 4.99 Å². The molecule has 0 saturated carbocycles. The lowest BCUT2D eigenvalue weighted by Crippen LogP contribution is -2.34. The van der Waals surface area contributed by atoms with E-state index in [1.165, 1.54) is 6.07 Å². The Labute approximate surface area is 107 Å². The van der Waals surface area contributed by atoms with E-state index in [4.69, 9.17) is 4.74 Å². The first-order valence-corrected chi connectivity index (χ1v) is 6.19. The van der Waals surface area contributed by atoms with Crippen LogP contribution in [-0.2, 0) is 0 Å². The van der Waals surface area contributed by atoms with Gasteiger partial charge in [0, 0.05) is 6.42 Å². The van der Waals surface area contributed by atoms with Gasteiger partial charge in [-0.2, -0.15) is 4.39 Å². The third-order valence-corrected chi connectivity index (χ3v) is 3.25. The van der Waals surface area contributed by atoms with Crippen LogP contribution in [0.25, 0.3) is 0 Å². The van der Waals surface area contributed by atoms with Crippen LogP contribution < -0.4 is 4.74 Å². The summed E-state index contributed by atoms with van der Waals surface area (Å²) in [5.74, 6) is -1.94. The fourth-order valence-corrected chi connectivity index (χ4v) is 2.56. The zero-order chi connectivity index (χ0) is 12.6. The molecule has 1 aliphatic heterocycles. The van der Waals surface area contributed by atoms with Crippen LogP contribution in [0.2, 0.25) is 0 Å². The van der Waals surface area contributed by atoms with Crippen LogP contribution in [0.15, 0.2) is 17.1 Å². The van der Waals surface area contributed by atoms with E-state index >= 15 is 0 Å². The van der Waals surface area contributed by atoms with Gasteiger partial charge in [0.05, 0.1) is 5.56 Å². The van der Waals surface area contributed by atoms with E-state index in [0.717, 1.165) is 12.5 Å². The van der Waals surface area contributed by atoms with Gasteiger partial charge < -0.3 is 4.74 Å². The maximum absolute atomic E-state index is 13.7. The summed E-state index contributed by atoms with van der Waals surface area (Å²) >= 11 is 3.27. The Morgan fingerprint density at radius 1 is 1.41 bits per heavy atom. The molecule has 2 nitrogen and oxygen atoms in total. The summed E-state index contributed by atoms with van der Waals surface area (Å²) in [4.78, 5) is 4.34. The lowest BCUT2D eigenvalue weighted by molar-refractivity contribution is 0.0783. The van der Waals surface area contributed by atoms with Crippen molar-refractivity contribution in [2.75, 3.05) is 0 Å². The molecule has 1 unspecified atom stereocenters. The number of nitrogens with zero attached hydrogens (tertiary/aromatic N) is 1. The molecule has 5 heteroatoms. The Kier molecular flexibility index (Phi) is 3.21. The Morgan fingerprint density at radius 3 is 2.76 bits per heavy atom. The number of fused-ring (bicyclic) bond motifs is 1. The van der Waals surface area contributed by atoms with Gasteiger partial charge in [-0.15, -0.1) is 0 Å². The van der Waals surface area contributed by atoms with Gasteiger partial charge in [0.15, 0.2) is 17.3 Å². The molecule has 0 fully saturated rings. The molecule has 1 aromatic carbocycles. The Balaban J connectivity index is 2.52. The predicted molar refractivity (Wildman–Crippen MR) is 65.8 cm³/mol. The van der Waals surface area contributed by atoms with Gasteiger partial charge in [-0.05, 0) is 35.0 Å². The van der Waals surface area contributed by atoms with Crippen LogP contribution in [0.5, 0.6) is 5.75 Å². The number of aliphatic imine (C=N–C) groups is 1. The van der Waals surface area contributed by atoms with E-state index in [2.05, 4.69) is 20.9 Å². The summed E-state index contributed by atoms with van der Waals surface area (Å²) in [6.45, 7) is 3.74. The van der Waals surface area contributed by atoms with Crippen LogP contribution in [0.3, 0.4) is 0 Å². The molecule has 2 rings (SSSR count). The van der Waals surface area contributed by atoms with Gasteiger partial charge in [-0.1, -0.05) is 13.3 Å². The quantitative estimate of drug-likeness (QED) is 0.809. The van der Waals surface area contributed by atoms with Gasteiger partial charge in [-0.25, -0.2) is 9.38 Å². The molecule has 1 atom stereocenters. The maximum Gasteiger partial charge on any atom is 0.201 e. The van der Waals surface area contributed by atoms with Crippen molar-refractivity contribution >= 4 is 20.6 Å². The van der Waals surface area contributed by atoms with E-state index in [0.29, 0.717) is 16.6 Å². The molecule has 0 spiro atoms. The monoisotopic (exact) mass is 303 g/mol. The van der Waals surface area contributed by atoms with Crippen molar-refractivity contribution in [2.45, 2.75) is 32.4 Å². The predicted octanol–water partition coefficient (Wildman–Crippen LogP) is 4.02. The Hall–Kier alpha value is -0.970. The van der Waals surface area contributed by atoms with Crippen LogP contribution in [0, 0.1) is 11.6 Å². The average molecular weight is 304 g/mol. The van der Waals surface area contributed by atoms with Gasteiger partial charge in [0.1, 0.15) is 4.62 Å². The van der Waals surface area contributed by atoms with Crippen molar-refractivity contribution in [1.29, 1.82) is 0 Å². The third kappa shape index (κ3) is 2.20. The fraction of sp³-hybridized carbons (Fsp3) is 0.417. The number of benzene rings is 1. The molecule has 1 aromatic rings. The maximum atomic E-state index is 13.7. The molecule has 0 bridgehead atoms. The zero-order valence-electron chi connectivity index (χ0n) is 9.56. The fourth-order valence-electron chi connectivity index (χ4n) is 1.88. The SMILES string of the molecule is CCCC1(C)N=C(Br)c2ccc(F)c(F)c2O1. The molecular weight excluding hydrogens is 292 g/mol. The number of halogens is 3. The molecule has 17 heavy (non-hydrogen) atoms. The second-order valence-electron chi connectivity index (χ2n) is 4.17. The first-order valence-electron chi connectivity index (χ1n) is 5.39. The third-order valence-electron chi connectivity index (χ3n) is 2.64. The highest BCUT2D eigenvalue weighted by molar-refractivity contribution is 9.18. The topological polar surface area (TPSA) is 21.6 Å². The number of hydrogen-bond acceptors (Lipinski definition) is 2. The highest BCUT2D eigenvalue weighted by Gasteiger charge is 2.33. The largest absolute Gasteiger partial charge is 0.463 e. The molecular formula is C12H12BrF2NO. The Bertz CT molecular complexity index is 490. The summed E-state index contributed by atoms with van der Waals surface area (Å²) in [6.07, 6.45) is 1.48. The summed E-state index contributed by atoms with van der Waals surface area (Å²) in [7, 11) is 0.